The van der Waals surface area contributed by atoms with E-state index in [0.29, 0.717) is 12.0 Å². The van der Waals surface area contributed by atoms with Gasteiger partial charge in [-0.25, -0.2) is 4.39 Å². The average Bonchev–Trinajstić information content (AvgIpc) is 2.69. The zero-order valence-electron chi connectivity index (χ0n) is 10.3. The SMILES string of the molecule is Cn1cc(NC2CC(c3cccc(F)c3)C2)cn1. The molecule has 4 heteroatoms. The van der Waals surface area contributed by atoms with E-state index in [0.717, 1.165) is 24.1 Å². The van der Waals surface area contributed by atoms with Crippen molar-refractivity contribution in [2.75, 3.05) is 5.32 Å². The zero-order chi connectivity index (χ0) is 12.5. The maximum atomic E-state index is 13.1. The molecule has 0 unspecified atom stereocenters. The molecular weight excluding hydrogens is 229 g/mol. The van der Waals surface area contributed by atoms with Gasteiger partial charge < -0.3 is 5.32 Å². The molecule has 0 atom stereocenters. The van der Waals surface area contributed by atoms with Gasteiger partial charge in [-0.2, -0.15) is 5.10 Å². The third-order valence-corrected chi connectivity index (χ3v) is 3.53. The van der Waals surface area contributed by atoms with Crippen molar-refractivity contribution in [1.82, 2.24) is 9.78 Å². The highest BCUT2D eigenvalue weighted by Crippen LogP contribution is 2.38. The van der Waals surface area contributed by atoms with Gasteiger partial charge in [0.05, 0.1) is 11.9 Å². The quantitative estimate of drug-likeness (QED) is 0.901. The Balaban J connectivity index is 1.57. The molecule has 1 aromatic heterocycles. The van der Waals surface area contributed by atoms with Crippen LogP contribution in [0, 0.1) is 5.82 Å². The predicted molar refractivity (Wildman–Crippen MR) is 69.0 cm³/mol. The molecule has 0 spiro atoms. The van der Waals surface area contributed by atoms with E-state index in [4.69, 9.17) is 0 Å². The third kappa shape index (κ3) is 2.23. The topological polar surface area (TPSA) is 29.9 Å². The molecule has 1 heterocycles. The Bertz CT molecular complexity index is 543. The lowest BCUT2D eigenvalue weighted by Crippen LogP contribution is -2.33. The molecule has 0 amide bonds. The number of benzene rings is 1. The van der Waals surface area contributed by atoms with Crippen LogP contribution >= 0.6 is 0 Å². The van der Waals surface area contributed by atoms with E-state index in [-0.39, 0.29) is 5.82 Å². The number of hydrogen-bond donors (Lipinski definition) is 1. The smallest absolute Gasteiger partial charge is 0.123 e. The molecule has 3 rings (SSSR count). The fourth-order valence-electron chi connectivity index (χ4n) is 2.50. The second-order valence-electron chi connectivity index (χ2n) is 4.97. The lowest BCUT2D eigenvalue weighted by Gasteiger charge is -2.36. The molecule has 0 radical (unpaired) electrons. The minimum absolute atomic E-state index is 0.142. The van der Waals surface area contributed by atoms with Gasteiger partial charge in [-0.05, 0) is 36.5 Å². The van der Waals surface area contributed by atoms with E-state index in [2.05, 4.69) is 10.4 Å². The van der Waals surface area contributed by atoms with Crippen LogP contribution in [0.4, 0.5) is 10.1 Å². The average molecular weight is 245 g/mol. The molecule has 1 fully saturated rings. The minimum Gasteiger partial charge on any atom is -0.380 e. The maximum absolute atomic E-state index is 13.1. The van der Waals surface area contributed by atoms with Crippen molar-refractivity contribution in [2.45, 2.75) is 24.8 Å². The molecule has 2 aromatic rings. The van der Waals surface area contributed by atoms with Crippen molar-refractivity contribution in [3.63, 3.8) is 0 Å². The Morgan fingerprint density at radius 1 is 1.39 bits per heavy atom. The summed E-state index contributed by atoms with van der Waals surface area (Å²) in [6.07, 6.45) is 5.90. The van der Waals surface area contributed by atoms with Crippen molar-refractivity contribution < 1.29 is 4.39 Å². The van der Waals surface area contributed by atoms with E-state index < -0.39 is 0 Å². The molecule has 1 aliphatic rings. The summed E-state index contributed by atoms with van der Waals surface area (Å²) in [6, 6.07) is 7.40. The first-order valence-corrected chi connectivity index (χ1v) is 6.21. The molecule has 18 heavy (non-hydrogen) atoms. The first-order chi connectivity index (χ1) is 8.70. The van der Waals surface area contributed by atoms with E-state index in [1.165, 1.54) is 6.07 Å². The third-order valence-electron chi connectivity index (χ3n) is 3.53. The number of nitrogens with zero attached hydrogens (tertiary/aromatic N) is 2. The van der Waals surface area contributed by atoms with Crippen LogP contribution in [0.2, 0.25) is 0 Å². The van der Waals surface area contributed by atoms with Gasteiger partial charge in [-0.3, -0.25) is 4.68 Å². The van der Waals surface area contributed by atoms with E-state index in [1.54, 1.807) is 16.8 Å². The Morgan fingerprint density at radius 3 is 2.89 bits per heavy atom. The van der Waals surface area contributed by atoms with E-state index in [9.17, 15) is 4.39 Å². The summed E-state index contributed by atoms with van der Waals surface area (Å²) >= 11 is 0. The Labute approximate surface area is 106 Å². The van der Waals surface area contributed by atoms with Crippen LogP contribution in [0.25, 0.3) is 0 Å². The second kappa shape index (κ2) is 4.44. The number of nitrogens with one attached hydrogen (secondary N) is 1. The monoisotopic (exact) mass is 245 g/mol. The van der Waals surface area contributed by atoms with Gasteiger partial charge >= 0.3 is 0 Å². The number of aromatic nitrogens is 2. The standard InChI is InChI=1S/C14H16FN3/c1-18-9-14(8-16-18)17-13-6-11(7-13)10-3-2-4-12(15)5-10/h2-5,8-9,11,13,17H,6-7H2,1H3. The van der Waals surface area contributed by atoms with E-state index >= 15 is 0 Å². The summed E-state index contributed by atoms with van der Waals surface area (Å²) in [5.41, 5.74) is 2.17. The molecule has 1 N–H and O–H groups in total. The predicted octanol–water partition coefficient (Wildman–Crippen LogP) is 2.92. The van der Waals surface area contributed by atoms with Gasteiger partial charge in [-0.1, -0.05) is 12.1 Å². The van der Waals surface area contributed by atoms with Crippen molar-refractivity contribution in [2.24, 2.45) is 7.05 Å². The van der Waals surface area contributed by atoms with Gasteiger partial charge in [0.25, 0.3) is 0 Å². The van der Waals surface area contributed by atoms with Crippen LogP contribution in [-0.4, -0.2) is 15.8 Å². The summed E-state index contributed by atoms with van der Waals surface area (Å²) < 4.78 is 14.9. The van der Waals surface area contributed by atoms with Gasteiger partial charge in [0.1, 0.15) is 5.82 Å². The minimum atomic E-state index is -0.142. The zero-order valence-corrected chi connectivity index (χ0v) is 10.3. The molecule has 0 saturated heterocycles. The first-order valence-electron chi connectivity index (χ1n) is 6.21. The highest BCUT2D eigenvalue weighted by atomic mass is 19.1. The Hall–Kier alpha value is -1.84. The lowest BCUT2D eigenvalue weighted by molar-refractivity contribution is 0.373. The Morgan fingerprint density at radius 2 is 2.22 bits per heavy atom. The molecule has 0 bridgehead atoms. The fraction of sp³-hybridized carbons (Fsp3) is 0.357. The van der Waals surface area contributed by atoms with Gasteiger partial charge in [0.15, 0.2) is 0 Å². The summed E-state index contributed by atoms with van der Waals surface area (Å²) in [5.74, 6) is 0.339. The van der Waals surface area contributed by atoms with Crippen LogP contribution in [0.5, 0.6) is 0 Å². The van der Waals surface area contributed by atoms with Crippen LogP contribution in [-0.2, 0) is 7.05 Å². The summed E-state index contributed by atoms with van der Waals surface area (Å²) in [6.45, 7) is 0. The Kier molecular flexibility index (Phi) is 2.78. The van der Waals surface area contributed by atoms with Gasteiger partial charge in [0.2, 0.25) is 0 Å². The second-order valence-corrected chi connectivity index (χ2v) is 4.97. The van der Waals surface area contributed by atoms with E-state index in [1.807, 2.05) is 25.5 Å². The first kappa shape index (κ1) is 11.3. The fourth-order valence-corrected chi connectivity index (χ4v) is 2.50. The number of rotatable bonds is 3. The number of hydrogen-bond acceptors (Lipinski definition) is 2. The molecular formula is C14H16FN3. The molecule has 1 saturated carbocycles. The highest BCUT2D eigenvalue weighted by Gasteiger charge is 2.30. The van der Waals surface area contributed by atoms with Crippen molar-refractivity contribution in [3.8, 4) is 0 Å². The van der Waals surface area contributed by atoms with Gasteiger partial charge in [-0.15, -0.1) is 0 Å². The number of halogens is 1. The molecule has 3 nitrogen and oxygen atoms in total. The van der Waals surface area contributed by atoms with Crippen molar-refractivity contribution >= 4 is 5.69 Å². The number of aryl methyl sites for hydroxylation is 1. The normalized spacial score (nSPS) is 22.6. The van der Waals surface area contributed by atoms with Crippen molar-refractivity contribution in [1.29, 1.82) is 0 Å². The van der Waals surface area contributed by atoms with Crippen LogP contribution in [0.3, 0.4) is 0 Å². The van der Waals surface area contributed by atoms with Crippen LogP contribution in [0.1, 0.15) is 24.3 Å². The van der Waals surface area contributed by atoms with Crippen LogP contribution < -0.4 is 5.32 Å². The molecule has 1 aliphatic carbocycles. The number of anilines is 1. The van der Waals surface area contributed by atoms with Gasteiger partial charge in [0, 0.05) is 19.3 Å². The summed E-state index contributed by atoms with van der Waals surface area (Å²) in [4.78, 5) is 0. The highest BCUT2D eigenvalue weighted by molar-refractivity contribution is 5.41. The molecule has 1 aromatic carbocycles. The van der Waals surface area contributed by atoms with Crippen molar-refractivity contribution in [3.05, 3.63) is 48.0 Å². The lowest BCUT2D eigenvalue weighted by atomic mass is 9.76. The maximum Gasteiger partial charge on any atom is 0.123 e. The van der Waals surface area contributed by atoms with Crippen LogP contribution in [0.15, 0.2) is 36.7 Å². The largest absolute Gasteiger partial charge is 0.380 e. The summed E-state index contributed by atoms with van der Waals surface area (Å²) in [5, 5.41) is 7.56. The molecule has 94 valence electrons. The summed E-state index contributed by atoms with van der Waals surface area (Å²) in [7, 11) is 1.90. The molecule has 0 aliphatic heterocycles.